The van der Waals surface area contributed by atoms with E-state index in [0.717, 1.165) is 43.1 Å². The van der Waals surface area contributed by atoms with Gasteiger partial charge >= 0.3 is 0 Å². The molecule has 0 fully saturated rings. The molecule has 4 nitrogen and oxygen atoms in total. The van der Waals surface area contributed by atoms with Gasteiger partial charge in [-0.25, -0.2) is 0 Å². The molecule has 31 heavy (non-hydrogen) atoms. The number of alkyl halides is 1. The molecule has 0 amide bonds. The molecule has 0 atom stereocenters. The van der Waals surface area contributed by atoms with Gasteiger partial charge in [0.25, 0.3) is 0 Å². The van der Waals surface area contributed by atoms with Crippen molar-refractivity contribution >= 4 is 43.1 Å². The summed E-state index contributed by atoms with van der Waals surface area (Å²) in [5, 5.41) is 1.67. The average Bonchev–Trinajstić information content (AvgIpc) is 3.21. The van der Waals surface area contributed by atoms with Gasteiger partial charge in [-0.1, -0.05) is 15.9 Å². The third kappa shape index (κ3) is 4.45. The number of hydrogen-bond acceptors (Lipinski definition) is 5. The summed E-state index contributed by atoms with van der Waals surface area (Å²) in [5.41, 5.74) is 2.29. The molecule has 0 N–H and O–H groups in total. The Morgan fingerprint density at radius 2 is 1.52 bits per heavy atom. The Bertz CT molecular complexity index is 1200. The molecule has 0 saturated heterocycles. The molecule has 1 heterocycles. The molecule has 1 aromatic heterocycles. The van der Waals surface area contributed by atoms with Crippen LogP contribution in [0.4, 0.5) is 0 Å². The Kier molecular flexibility index (Phi) is 6.59. The third-order valence-electron chi connectivity index (χ3n) is 4.94. The third-order valence-corrected chi connectivity index (χ3v) is 6.46. The zero-order valence-corrected chi connectivity index (χ0v) is 19.6. The lowest BCUT2D eigenvalue weighted by Gasteiger charge is -2.08. The number of methoxy groups -OCH3 is 2. The van der Waals surface area contributed by atoms with Crippen molar-refractivity contribution in [3.63, 3.8) is 0 Å². The summed E-state index contributed by atoms with van der Waals surface area (Å²) in [4.78, 5) is 14.5. The van der Waals surface area contributed by atoms with Crippen molar-refractivity contribution in [2.24, 2.45) is 0 Å². The van der Waals surface area contributed by atoms with Gasteiger partial charge in [-0.3, -0.25) is 4.79 Å². The average molecular weight is 497 g/mol. The standard InChI is InChI=1S/C25H21BrO4S/c1-28-18-7-5-17(6-8-18)25-23(21-12-11-20(29-2)15-22(21)31-25)24(27)16-3-9-19(10-4-16)30-14-13-26/h3-12,15H,13-14H2,1-2H3. The summed E-state index contributed by atoms with van der Waals surface area (Å²) in [7, 11) is 3.28. The van der Waals surface area contributed by atoms with E-state index >= 15 is 0 Å². The van der Waals surface area contributed by atoms with Crippen molar-refractivity contribution in [2.75, 3.05) is 26.2 Å². The van der Waals surface area contributed by atoms with Crippen molar-refractivity contribution in [2.45, 2.75) is 0 Å². The van der Waals surface area contributed by atoms with E-state index in [2.05, 4.69) is 15.9 Å². The number of thiophene rings is 1. The van der Waals surface area contributed by atoms with E-state index in [9.17, 15) is 4.79 Å². The number of carbonyl (C=O) groups excluding carboxylic acids is 1. The lowest BCUT2D eigenvalue weighted by Crippen LogP contribution is -2.03. The van der Waals surface area contributed by atoms with E-state index in [0.29, 0.717) is 17.7 Å². The molecule has 0 unspecified atom stereocenters. The van der Waals surface area contributed by atoms with Gasteiger partial charge < -0.3 is 14.2 Å². The predicted molar refractivity (Wildman–Crippen MR) is 130 cm³/mol. The molecule has 0 saturated carbocycles. The van der Waals surface area contributed by atoms with Gasteiger partial charge in [0.2, 0.25) is 0 Å². The van der Waals surface area contributed by atoms with Gasteiger partial charge in [-0.05, 0) is 72.3 Å². The first-order chi connectivity index (χ1) is 15.1. The number of halogens is 1. The first-order valence-corrected chi connectivity index (χ1v) is 11.7. The number of rotatable bonds is 8. The molecule has 6 heteroatoms. The topological polar surface area (TPSA) is 44.8 Å². The summed E-state index contributed by atoms with van der Waals surface area (Å²) in [6.45, 7) is 0.575. The van der Waals surface area contributed by atoms with E-state index in [4.69, 9.17) is 14.2 Å². The normalized spacial score (nSPS) is 10.8. The molecule has 3 aromatic carbocycles. The van der Waals surface area contributed by atoms with Crippen LogP contribution in [0.5, 0.6) is 17.2 Å². The highest BCUT2D eigenvalue weighted by Gasteiger charge is 2.22. The van der Waals surface area contributed by atoms with E-state index in [-0.39, 0.29) is 5.78 Å². The molecule has 4 aromatic rings. The molecule has 4 rings (SSSR count). The zero-order valence-electron chi connectivity index (χ0n) is 17.2. The van der Waals surface area contributed by atoms with Crippen LogP contribution >= 0.6 is 27.3 Å². The summed E-state index contributed by atoms with van der Waals surface area (Å²) in [5.74, 6) is 2.27. The van der Waals surface area contributed by atoms with Crippen molar-refractivity contribution in [3.8, 4) is 27.7 Å². The molecule has 0 radical (unpaired) electrons. The van der Waals surface area contributed by atoms with Crippen LogP contribution in [0.2, 0.25) is 0 Å². The molecular weight excluding hydrogens is 476 g/mol. The molecule has 0 spiro atoms. The number of fused-ring (bicyclic) bond motifs is 1. The van der Waals surface area contributed by atoms with Gasteiger partial charge in [0, 0.05) is 31.4 Å². The maximum absolute atomic E-state index is 13.6. The number of ketones is 1. The summed E-state index contributed by atoms with van der Waals surface area (Å²) < 4.78 is 17.3. The summed E-state index contributed by atoms with van der Waals surface area (Å²) >= 11 is 4.93. The van der Waals surface area contributed by atoms with Crippen LogP contribution in [0.25, 0.3) is 20.5 Å². The van der Waals surface area contributed by atoms with Crippen LogP contribution in [0.3, 0.4) is 0 Å². The first-order valence-electron chi connectivity index (χ1n) is 9.73. The number of ether oxygens (including phenoxy) is 3. The summed E-state index contributed by atoms with van der Waals surface area (Å²) in [6.07, 6.45) is 0. The van der Waals surface area contributed by atoms with Crippen molar-refractivity contribution < 1.29 is 19.0 Å². The Morgan fingerprint density at radius 1 is 0.871 bits per heavy atom. The van der Waals surface area contributed by atoms with E-state index in [1.165, 1.54) is 0 Å². The highest BCUT2D eigenvalue weighted by Crippen LogP contribution is 2.41. The van der Waals surface area contributed by atoms with Crippen molar-refractivity contribution in [1.29, 1.82) is 0 Å². The Hall–Kier alpha value is -2.83. The van der Waals surface area contributed by atoms with Gasteiger partial charge in [-0.15, -0.1) is 11.3 Å². The molecule has 0 aliphatic carbocycles. The minimum Gasteiger partial charge on any atom is -0.497 e. The summed E-state index contributed by atoms with van der Waals surface area (Å²) in [6, 6.07) is 20.9. The van der Waals surface area contributed by atoms with Crippen LogP contribution in [0.1, 0.15) is 15.9 Å². The number of hydrogen-bond donors (Lipinski definition) is 0. The van der Waals surface area contributed by atoms with Crippen LogP contribution in [-0.2, 0) is 0 Å². The maximum Gasteiger partial charge on any atom is 0.195 e. The molecule has 0 aliphatic heterocycles. The highest BCUT2D eigenvalue weighted by atomic mass is 79.9. The van der Waals surface area contributed by atoms with Gasteiger partial charge in [0.05, 0.1) is 20.8 Å². The lowest BCUT2D eigenvalue weighted by atomic mass is 9.97. The fourth-order valence-electron chi connectivity index (χ4n) is 3.38. The SMILES string of the molecule is COc1ccc(-c2sc3cc(OC)ccc3c2C(=O)c2ccc(OCCBr)cc2)cc1. The molecule has 0 bridgehead atoms. The van der Waals surface area contributed by atoms with E-state index in [1.807, 2.05) is 66.7 Å². The second kappa shape index (κ2) is 9.54. The molecule has 158 valence electrons. The first kappa shape index (κ1) is 21.4. The van der Waals surface area contributed by atoms with Crippen molar-refractivity contribution in [3.05, 3.63) is 77.9 Å². The second-order valence-electron chi connectivity index (χ2n) is 6.79. The maximum atomic E-state index is 13.6. The van der Waals surface area contributed by atoms with E-state index < -0.39 is 0 Å². The van der Waals surface area contributed by atoms with Crippen LogP contribution in [0.15, 0.2) is 66.7 Å². The van der Waals surface area contributed by atoms with Crippen LogP contribution < -0.4 is 14.2 Å². The smallest absolute Gasteiger partial charge is 0.195 e. The van der Waals surface area contributed by atoms with Crippen molar-refractivity contribution in [1.82, 2.24) is 0 Å². The molecule has 0 aliphatic rings. The van der Waals surface area contributed by atoms with Gasteiger partial charge in [0.1, 0.15) is 17.2 Å². The highest BCUT2D eigenvalue weighted by molar-refractivity contribution is 9.09. The Morgan fingerprint density at radius 3 is 2.16 bits per heavy atom. The number of benzene rings is 3. The van der Waals surface area contributed by atoms with Gasteiger partial charge in [-0.2, -0.15) is 0 Å². The monoisotopic (exact) mass is 496 g/mol. The quantitative estimate of drug-likeness (QED) is 0.204. The van der Waals surface area contributed by atoms with Gasteiger partial charge in [0.15, 0.2) is 5.78 Å². The minimum atomic E-state index is -0.0192. The predicted octanol–water partition coefficient (Wildman–Crippen LogP) is 6.59. The minimum absolute atomic E-state index is 0.0192. The van der Waals surface area contributed by atoms with E-state index in [1.54, 1.807) is 25.6 Å². The largest absolute Gasteiger partial charge is 0.497 e. The lowest BCUT2D eigenvalue weighted by molar-refractivity contribution is 0.104. The van der Waals surface area contributed by atoms with Crippen LogP contribution in [-0.4, -0.2) is 31.9 Å². The fourth-order valence-corrected chi connectivity index (χ4v) is 4.77. The Labute approximate surface area is 193 Å². The Balaban J connectivity index is 1.81. The molecular formula is C25H21BrO4S. The van der Waals surface area contributed by atoms with Crippen LogP contribution in [0, 0.1) is 0 Å². The second-order valence-corrected chi connectivity index (χ2v) is 8.63. The number of carbonyl (C=O) groups is 1. The zero-order chi connectivity index (χ0) is 21.8. The fraction of sp³-hybridized carbons (Fsp3) is 0.160.